The molecule has 0 aliphatic carbocycles. The highest BCUT2D eigenvalue weighted by Crippen LogP contribution is 2.14. The molecule has 0 bridgehead atoms. The molecule has 1 aromatic rings. The molecule has 0 heterocycles. The molecule has 0 spiro atoms. The molecule has 0 fully saturated rings. The SMILES string of the molecule is C=C(C[C@H](NC(=O)OCc1ccccc1)C(=O)OC(C)C)C(=C)C(=O)O. The molecular formula is C19H23NO6. The molecule has 1 amide bonds. The fraction of sp³-hybridized carbons (Fsp3) is 0.316. The third-order valence-electron chi connectivity index (χ3n) is 3.28. The van der Waals surface area contributed by atoms with Crippen LogP contribution in [0.1, 0.15) is 25.8 Å². The van der Waals surface area contributed by atoms with E-state index in [4.69, 9.17) is 14.6 Å². The van der Waals surface area contributed by atoms with Crippen LogP contribution in [-0.2, 0) is 25.7 Å². The molecule has 7 heteroatoms. The van der Waals surface area contributed by atoms with E-state index in [1.165, 1.54) is 0 Å². The molecule has 7 nitrogen and oxygen atoms in total. The molecule has 2 N–H and O–H groups in total. The van der Waals surface area contributed by atoms with Crippen LogP contribution in [-0.4, -0.2) is 35.3 Å². The van der Waals surface area contributed by atoms with Crippen LogP contribution in [0.2, 0.25) is 0 Å². The fourth-order valence-corrected chi connectivity index (χ4v) is 1.94. The first-order valence-corrected chi connectivity index (χ1v) is 7.98. The Morgan fingerprint density at radius 3 is 2.31 bits per heavy atom. The lowest BCUT2D eigenvalue weighted by molar-refractivity contribution is -0.149. The molecule has 140 valence electrons. The Bertz CT molecular complexity index is 681. The monoisotopic (exact) mass is 361 g/mol. The van der Waals surface area contributed by atoms with Crippen molar-refractivity contribution in [3.05, 3.63) is 60.2 Å². The summed E-state index contributed by atoms with van der Waals surface area (Å²) in [4.78, 5) is 35.1. The Hall–Kier alpha value is -3.09. The predicted octanol–water partition coefficient (Wildman–Crippen LogP) is 2.82. The van der Waals surface area contributed by atoms with Gasteiger partial charge in [0.25, 0.3) is 0 Å². The van der Waals surface area contributed by atoms with Crippen molar-refractivity contribution < 1.29 is 29.0 Å². The molecule has 1 aromatic carbocycles. The molecule has 0 aliphatic heterocycles. The van der Waals surface area contributed by atoms with Crippen molar-refractivity contribution in [2.75, 3.05) is 0 Å². The van der Waals surface area contributed by atoms with Crippen molar-refractivity contribution >= 4 is 18.0 Å². The molecule has 0 saturated heterocycles. The van der Waals surface area contributed by atoms with Crippen LogP contribution in [0.4, 0.5) is 4.79 Å². The topological polar surface area (TPSA) is 102 Å². The zero-order valence-corrected chi connectivity index (χ0v) is 14.9. The number of alkyl carbamates (subject to hydrolysis) is 1. The maximum Gasteiger partial charge on any atom is 0.408 e. The highest BCUT2D eigenvalue weighted by Gasteiger charge is 2.26. The number of rotatable bonds is 9. The van der Waals surface area contributed by atoms with E-state index in [-0.39, 0.29) is 24.2 Å². The minimum atomic E-state index is -1.25. The molecule has 0 saturated carbocycles. The van der Waals surface area contributed by atoms with Gasteiger partial charge in [-0.2, -0.15) is 0 Å². The van der Waals surface area contributed by atoms with Crippen molar-refractivity contribution in [2.24, 2.45) is 0 Å². The first-order chi connectivity index (χ1) is 12.2. The van der Waals surface area contributed by atoms with Gasteiger partial charge in [-0.15, -0.1) is 0 Å². The summed E-state index contributed by atoms with van der Waals surface area (Å²) < 4.78 is 10.2. The van der Waals surface area contributed by atoms with Crippen LogP contribution in [0.3, 0.4) is 0 Å². The number of benzene rings is 1. The lowest BCUT2D eigenvalue weighted by Crippen LogP contribution is -2.43. The lowest BCUT2D eigenvalue weighted by Gasteiger charge is -2.20. The largest absolute Gasteiger partial charge is 0.478 e. The number of nitrogens with one attached hydrogen (secondary N) is 1. The summed E-state index contributed by atoms with van der Waals surface area (Å²) >= 11 is 0. The molecule has 0 aromatic heterocycles. The van der Waals surface area contributed by atoms with E-state index in [1.807, 2.05) is 6.07 Å². The number of carbonyl (C=O) groups excluding carboxylic acids is 2. The van der Waals surface area contributed by atoms with Crippen molar-refractivity contribution in [2.45, 2.75) is 39.0 Å². The smallest absolute Gasteiger partial charge is 0.408 e. The van der Waals surface area contributed by atoms with Crippen LogP contribution in [0.5, 0.6) is 0 Å². The Labute approximate surface area is 152 Å². The van der Waals surface area contributed by atoms with E-state index in [2.05, 4.69) is 18.5 Å². The number of hydrogen-bond acceptors (Lipinski definition) is 5. The van der Waals surface area contributed by atoms with E-state index < -0.39 is 30.2 Å². The van der Waals surface area contributed by atoms with E-state index >= 15 is 0 Å². The van der Waals surface area contributed by atoms with Gasteiger partial charge in [-0.1, -0.05) is 43.5 Å². The number of carboxylic acid groups (broad SMARTS) is 1. The van der Waals surface area contributed by atoms with Gasteiger partial charge in [0.2, 0.25) is 0 Å². The molecule has 26 heavy (non-hydrogen) atoms. The Morgan fingerprint density at radius 1 is 1.15 bits per heavy atom. The van der Waals surface area contributed by atoms with Crippen LogP contribution < -0.4 is 5.32 Å². The summed E-state index contributed by atoms with van der Waals surface area (Å²) in [5.74, 6) is -1.96. The third-order valence-corrected chi connectivity index (χ3v) is 3.28. The third kappa shape index (κ3) is 7.21. The minimum Gasteiger partial charge on any atom is -0.478 e. The Morgan fingerprint density at radius 2 is 1.77 bits per heavy atom. The van der Waals surface area contributed by atoms with Crippen molar-refractivity contribution in [3.8, 4) is 0 Å². The zero-order valence-electron chi connectivity index (χ0n) is 14.9. The van der Waals surface area contributed by atoms with E-state index in [0.29, 0.717) is 0 Å². The molecular weight excluding hydrogens is 338 g/mol. The first kappa shape index (κ1) is 21.0. The molecule has 0 radical (unpaired) electrons. The van der Waals surface area contributed by atoms with Crippen LogP contribution in [0.15, 0.2) is 54.6 Å². The second-order valence-electron chi connectivity index (χ2n) is 5.84. The minimum absolute atomic E-state index is 0.0292. The Balaban J connectivity index is 2.72. The quantitative estimate of drug-likeness (QED) is 0.398. The average Bonchev–Trinajstić information content (AvgIpc) is 2.58. The van der Waals surface area contributed by atoms with Crippen LogP contribution >= 0.6 is 0 Å². The second kappa shape index (κ2) is 10.0. The van der Waals surface area contributed by atoms with Gasteiger partial charge in [0.1, 0.15) is 12.6 Å². The van der Waals surface area contributed by atoms with Crippen molar-refractivity contribution in [1.82, 2.24) is 5.32 Å². The Kier molecular flexibility index (Phi) is 8.08. The number of ether oxygens (including phenoxy) is 2. The van der Waals surface area contributed by atoms with E-state index in [1.54, 1.807) is 38.1 Å². The van der Waals surface area contributed by atoms with Crippen LogP contribution in [0, 0.1) is 0 Å². The first-order valence-electron chi connectivity index (χ1n) is 7.98. The van der Waals surface area contributed by atoms with Gasteiger partial charge in [0.05, 0.1) is 11.7 Å². The van der Waals surface area contributed by atoms with Gasteiger partial charge in [0, 0.05) is 6.42 Å². The predicted molar refractivity (Wildman–Crippen MR) is 95.3 cm³/mol. The average molecular weight is 361 g/mol. The molecule has 0 aliphatic rings. The number of esters is 1. The number of aliphatic carboxylic acids is 1. The summed E-state index contributed by atoms with van der Waals surface area (Å²) in [5, 5.41) is 11.3. The number of hydrogen-bond donors (Lipinski definition) is 2. The number of carbonyl (C=O) groups is 3. The van der Waals surface area contributed by atoms with E-state index in [9.17, 15) is 14.4 Å². The standard InChI is InChI=1S/C19H23NO6/c1-12(2)26-18(23)16(10-13(3)14(4)17(21)22)20-19(24)25-11-15-8-6-5-7-9-15/h5-9,12,16H,3-4,10-11H2,1-2H3,(H,20,24)(H,21,22)/t16-/m0/s1. The highest BCUT2D eigenvalue weighted by atomic mass is 16.6. The molecule has 1 atom stereocenters. The van der Waals surface area contributed by atoms with Gasteiger partial charge in [-0.05, 0) is 25.0 Å². The normalized spacial score (nSPS) is 11.3. The lowest BCUT2D eigenvalue weighted by atomic mass is 10.0. The van der Waals surface area contributed by atoms with Crippen molar-refractivity contribution in [3.63, 3.8) is 0 Å². The summed E-state index contributed by atoms with van der Waals surface area (Å²) in [5.41, 5.74) is 0.644. The summed E-state index contributed by atoms with van der Waals surface area (Å²) in [6, 6.07) is 7.89. The number of amides is 1. The summed E-state index contributed by atoms with van der Waals surface area (Å²) in [7, 11) is 0. The number of carboxylic acids is 1. The van der Waals surface area contributed by atoms with E-state index in [0.717, 1.165) is 5.56 Å². The summed E-state index contributed by atoms with van der Waals surface area (Å²) in [6.07, 6.45) is -1.38. The van der Waals surface area contributed by atoms with Gasteiger partial charge in [0.15, 0.2) is 0 Å². The summed E-state index contributed by atoms with van der Waals surface area (Å²) in [6.45, 7) is 10.3. The zero-order chi connectivity index (χ0) is 19.7. The van der Waals surface area contributed by atoms with Gasteiger partial charge in [-0.3, -0.25) is 0 Å². The highest BCUT2D eigenvalue weighted by molar-refractivity contribution is 5.91. The van der Waals surface area contributed by atoms with Gasteiger partial charge < -0.3 is 19.9 Å². The fourth-order valence-electron chi connectivity index (χ4n) is 1.94. The maximum atomic E-state index is 12.2. The van der Waals surface area contributed by atoms with Gasteiger partial charge in [-0.25, -0.2) is 14.4 Å². The van der Waals surface area contributed by atoms with Crippen LogP contribution in [0.25, 0.3) is 0 Å². The second-order valence-corrected chi connectivity index (χ2v) is 5.84. The molecule has 0 unspecified atom stereocenters. The molecule has 1 rings (SSSR count). The van der Waals surface area contributed by atoms with Gasteiger partial charge >= 0.3 is 18.0 Å². The van der Waals surface area contributed by atoms with Crippen molar-refractivity contribution in [1.29, 1.82) is 0 Å². The maximum absolute atomic E-state index is 12.2.